The van der Waals surface area contributed by atoms with Crippen LogP contribution in [0.15, 0.2) is 85.1 Å². The molecule has 59 heavy (non-hydrogen) atoms. The molecule has 3 N–H and O–H groups in total. The number of allylic oxidation sites excluding steroid dienone is 14. The fourth-order valence-electron chi connectivity index (χ4n) is 5.60. The fraction of sp³-hybridized carbons (Fsp3) is 0.667. The number of hydrogen-bond donors (Lipinski definition) is 3. The number of aliphatic hydroxyl groups is 2. The molecule has 0 saturated heterocycles. The third-order valence-electron chi connectivity index (χ3n) is 9.05. The van der Waals surface area contributed by atoms with Crippen LogP contribution < -0.4 is 0 Å². The monoisotopic (exact) mass is 849 g/mol. The molecular weight excluding hydrogens is 767 g/mol. The minimum absolute atomic E-state index is 0.112. The molecule has 0 aromatic rings. The highest BCUT2D eigenvalue weighted by molar-refractivity contribution is 7.47. The van der Waals surface area contributed by atoms with Crippen molar-refractivity contribution in [3.63, 3.8) is 0 Å². The number of unbranched alkanes of at least 4 members (excludes halogenated alkanes) is 13. The van der Waals surface area contributed by atoms with E-state index in [-0.39, 0.29) is 19.4 Å². The van der Waals surface area contributed by atoms with Crippen LogP contribution in [0.4, 0.5) is 0 Å². The first kappa shape index (κ1) is 56.1. The highest BCUT2D eigenvalue weighted by atomic mass is 31.2. The summed E-state index contributed by atoms with van der Waals surface area (Å²) in [5.41, 5.74) is 0. The zero-order valence-electron chi connectivity index (χ0n) is 36.7. The lowest BCUT2D eigenvalue weighted by Crippen LogP contribution is -2.29. The normalized spacial score (nSPS) is 14.6. The molecule has 0 amide bonds. The number of phosphoric acid groups is 1. The molecule has 3 atom stereocenters. The maximum absolute atomic E-state index is 12.6. The van der Waals surface area contributed by atoms with E-state index >= 15 is 0 Å². The lowest BCUT2D eigenvalue weighted by molar-refractivity contribution is -0.161. The number of esters is 2. The van der Waals surface area contributed by atoms with Gasteiger partial charge in [-0.2, -0.15) is 0 Å². The number of carbonyl (C=O) groups excluding carboxylic acids is 2. The van der Waals surface area contributed by atoms with Crippen LogP contribution in [0.3, 0.4) is 0 Å². The minimum atomic E-state index is -4.64. The van der Waals surface area contributed by atoms with Crippen molar-refractivity contribution < 1.29 is 47.8 Å². The average Bonchev–Trinajstić information content (AvgIpc) is 3.22. The predicted molar refractivity (Wildman–Crippen MR) is 242 cm³/mol. The largest absolute Gasteiger partial charge is 0.472 e. The van der Waals surface area contributed by atoms with Gasteiger partial charge in [0.15, 0.2) is 6.10 Å². The van der Waals surface area contributed by atoms with Crippen molar-refractivity contribution in [3.05, 3.63) is 85.1 Å². The quantitative estimate of drug-likeness (QED) is 0.0235. The molecule has 0 radical (unpaired) electrons. The van der Waals surface area contributed by atoms with Crippen LogP contribution in [-0.2, 0) is 32.7 Å². The molecule has 10 nitrogen and oxygen atoms in total. The van der Waals surface area contributed by atoms with Gasteiger partial charge in [0.25, 0.3) is 0 Å². The number of rotatable bonds is 41. The summed E-state index contributed by atoms with van der Waals surface area (Å²) in [4.78, 5) is 35.0. The van der Waals surface area contributed by atoms with E-state index in [0.29, 0.717) is 12.8 Å². The van der Waals surface area contributed by atoms with Crippen molar-refractivity contribution >= 4 is 19.8 Å². The molecule has 0 rings (SSSR count). The van der Waals surface area contributed by atoms with Gasteiger partial charge in [-0.15, -0.1) is 0 Å². The Kier molecular flexibility index (Phi) is 41.2. The molecule has 0 heterocycles. The van der Waals surface area contributed by atoms with E-state index < -0.39 is 51.8 Å². The van der Waals surface area contributed by atoms with Gasteiger partial charge in [-0.25, -0.2) is 4.57 Å². The minimum Gasteiger partial charge on any atom is -0.462 e. The van der Waals surface area contributed by atoms with E-state index in [9.17, 15) is 24.2 Å². The molecule has 1 unspecified atom stereocenters. The second-order valence-electron chi connectivity index (χ2n) is 14.7. The van der Waals surface area contributed by atoms with Gasteiger partial charge >= 0.3 is 19.8 Å². The summed E-state index contributed by atoms with van der Waals surface area (Å²) >= 11 is 0. The van der Waals surface area contributed by atoms with Crippen molar-refractivity contribution in [1.82, 2.24) is 0 Å². The molecule has 0 aliphatic carbocycles. The second kappa shape index (κ2) is 43.2. The SMILES string of the molecule is CC/C=C/C/C=C/C/C=C/C/C=C/C/C=C/C/C=C/CCC(=O)OC[C@H](COP(=O)(O)OC[C@@H](O)CO)OC(=O)CCCCCCCCCCC/C=C/CCCCCC. The molecule has 0 fully saturated rings. The lowest BCUT2D eigenvalue weighted by atomic mass is 10.1. The zero-order valence-corrected chi connectivity index (χ0v) is 37.6. The topological polar surface area (TPSA) is 149 Å². The maximum Gasteiger partial charge on any atom is 0.472 e. The lowest BCUT2D eigenvalue weighted by Gasteiger charge is -2.20. The van der Waals surface area contributed by atoms with Gasteiger partial charge in [-0.3, -0.25) is 18.6 Å². The number of hydrogen-bond acceptors (Lipinski definition) is 9. The Balaban J connectivity index is 4.40. The molecule has 11 heteroatoms. The fourth-order valence-corrected chi connectivity index (χ4v) is 6.39. The first-order chi connectivity index (χ1) is 28.7. The summed E-state index contributed by atoms with van der Waals surface area (Å²) in [5, 5.41) is 18.3. The van der Waals surface area contributed by atoms with E-state index in [2.05, 4.69) is 91.3 Å². The van der Waals surface area contributed by atoms with Gasteiger partial charge in [0, 0.05) is 12.8 Å². The summed E-state index contributed by atoms with van der Waals surface area (Å²) in [7, 11) is -4.64. The van der Waals surface area contributed by atoms with Gasteiger partial charge in [-0.05, 0) is 77.0 Å². The molecule has 0 aliphatic heterocycles. The number of ether oxygens (including phenoxy) is 2. The molecule has 0 aliphatic rings. The summed E-state index contributed by atoms with van der Waals surface area (Å²) in [5.74, 6) is -1.03. The molecule has 0 spiro atoms. The van der Waals surface area contributed by atoms with E-state index in [1.54, 1.807) is 0 Å². The number of phosphoric ester groups is 1. The van der Waals surface area contributed by atoms with Crippen LogP contribution in [0.25, 0.3) is 0 Å². The van der Waals surface area contributed by atoms with Crippen LogP contribution in [0, 0.1) is 0 Å². The van der Waals surface area contributed by atoms with Crippen molar-refractivity contribution in [2.75, 3.05) is 26.4 Å². The Hall–Kier alpha value is -2.85. The van der Waals surface area contributed by atoms with Crippen LogP contribution in [0.5, 0.6) is 0 Å². The Labute approximate surface area is 358 Å². The summed E-state index contributed by atoms with van der Waals surface area (Å²) in [6.07, 6.45) is 51.3. The van der Waals surface area contributed by atoms with Crippen molar-refractivity contribution in [2.45, 2.75) is 180 Å². The van der Waals surface area contributed by atoms with Gasteiger partial charge in [0.05, 0.1) is 19.8 Å². The molecule has 0 bridgehead atoms. The van der Waals surface area contributed by atoms with Gasteiger partial charge in [0.2, 0.25) is 0 Å². The summed E-state index contributed by atoms with van der Waals surface area (Å²) in [6.45, 7) is 2.16. The van der Waals surface area contributed by atoms with E-state index in [4.69, 9.17) is 19.1 Å². The van der Waals surface area contributed by atoms with Gasteiger partial charge in [0.1, 0.15) is 12.7 Å². The molecular formula is C48H81O10P. The van der Waals surface area contributed by atoms with Gasteiger partial charge in [-0.1, -0.05) is 163 Å². The Morgan fingerprint density at radius 3 is 1.47 bits per heavy atom. The number of aliphatic hydroxyl groups excluding tert-OH is 2. The third-order valence-corrected chi connectivity index (χ3v) is 10.00. The smallest absolute Gasteiger partial charge is 0.462 e. The van der Waals surface area contributed by atoms with E-state index in [1.165, 1.54) is 70.6 Å². The first-order valence-corrected chi connectivity index (χ1v) is 24.0. The van der Waals surface area contributed by atoms with E-state index in [1.807, 2.05) is 12.2 Å². The first-order valence-electron chi connectivity index (χ1n) is 22.5. The second-order valence-corrected chi connectivity index (χ2v) is 16.1. The summed E-state index contributed by atoms with van der Waals surface area (Å²) < 4.78 is 32.7. The highest BCUT2D eigenvalue weighted by Gasteiger charge is 2.27. The Morgan fingerprint density at radius 2 is 0.966 bits per heavy atom. The molecule has 338 valence electrons. The Bertz CT molecular complexity index is 1250. The zero-order chi connectivity index (χ0) is 43.3. The predicted octanol–water partition coefficient (Wildman–Crippen LogP) is 12.2. The molecule has 0 saturated carbocycles. The maximum atomic E-state index is 12.6. The molecule has 0 aromatic carbocycles. The highest BCUT2D eigenvalue weighted by Crippen LogP contribution is 2.43. The third kappa shape index (κ3) is 43.1. The van der Waals surface area contributed by atoms with Crippen molar-refractivity contribution in [1.29, 1.82) is 0 Å². The standard InChI is InChI=1S/C48H81O10P/c1-3-5-7-9-11-13-15-17-19-21-22-24-25-27-29-31-33-35-37-39-47(51)55-43-46(44-57-59(53,54)56-42-45(50)41-49)58-48(52)40-38-36-34-32-30-28-26-23-20-18-16-14-12-10-8-6-4-2/h5,7,11,13-14,16-17,19,22,24,27,29,33,35,45-46,49-50H,3-4,6,8-10,12,15,18,20-21,23,25-26,28,30-32,34,36-44H2,1-2H3,(H,53,54)/b7-5+,13-11+,16-14+,19-17+,24-22+,29-27+,35-33+/t45-,46+/m0/s1. The van der Waals surface area contributed by atoms with Crippen LogP contribution >= 0.6 is 7.82 Å². The number of carbonyl (C=O) groups is 2. The van der Waals surface area contributed by atoms with E-state index in [0.717, 1.165) is 57.8 Å². The van der Waals surface area contributed by atoms with Crippen LogP contribution in [-0.4, -0.2) is 65.7 Å². The molecule has 0 aromatic heterocycles. The Morgan fingerprint density at radius 1 is 0.525 bits per heavy atom. The van der Waals surface area contributed by atoms with Crippen LogP contribution in [0.2, 0.25) is 0 Å². The van der Waals surface area contributed by atoms with Crippen LogP contribution in [0.1, 0.15) is 168 Å². The van der Waals surface area contributed by atoms with Gasteiger partial charge < -0.3 is 24.6 Å². The average molecular weight is 849 g/mol. The summed E-state index contributed by atoms with van der Waals surface area (Å²) in [6, 6.07) is 0. The van der Waals surface area contributed by atoms with Crippen molar-refractivity contribution in [2.24, 2.45) is 0 Å². The van der Waals surface area contributed by atoms with Crippen molar-refractivity contribution in [3.8, 4) is 0 Å².